The summed E-state index contributed by atoms with van der Waals surface area (Å²) in [4.78, 5) is 52.5. The molecule has 0 bridgehead atoms. The lowest BCUT2D eigenvalue weighted by Gasteiger charge is -2.43. The number of thiol groups is 1. The van der Waals surface area contributed by atoms with E-state index in [4.69, 9.17) is 4.74 Å². The van der Waals surface area contributed by atoms with Gasteiger partial charge in [-0.15, -0.1) is 0 Å². The van der Waals surface area contributed by atoms with E-state index in [0.717, 1.165) is 5.56 Å². The number of nitrogens with zero attached hydrogens (tertiary/aromatic N) is 1. The van der Waals surface area contributed by atoms with Crippen LogP contribution in [0.2, 0.25) is 0 Å². The summed E-state index contributed by atoms with van der Waals surface area (Å²) in [5.74, 6) is -1.72. The Morgan fingerprint density at radius 2 is 1.71 bits per heavy atom. The number of rotatable bonds is 8. The van der Waals surface area contributed by atoms with Crippen molar-refractivity contribution in [3.05, 3.63) is 35.4 Å². The summed E-state index contributed by atoms with van der Waals surface area (Å²) in [6.45, 7) is 12.0. The minimum Gasteiger partial charge on any atom is -0.468 e. The van der Waals surface area contributed by atoms with Gasteiger partial charge in [-0.25, -0.2) is 4.79 Å². The number of methoxy groups -OCH3 is 1. The molecule has 0 heterocycles. The zero-order valence-corrected chi connectivity index (χ0v) is 22.1. The molecule has 0 fully saturated rings. The minimum absolute atomic E-state index is 0.0189. The van der Waals surface area contributed by atoms with Crippen molar-refractivity contribution in [2.45, 2.75) is 71.7 Å². The Morgan fingerprint density at radius 1 is 1.09 bits per heavy atom. The first kappa shape index (κ1) is 29.3. The van der Waals surface area contributed by atoms with Crippen LogP contribution < -0.4 is 10.6 Å². The van der Waals surface area contributed by atoms with Gasteiger partial charge in [-0.2, -0.15) is 12.6 Å². The van der Waals surface area contributed by atoms with Gasteiger partial charge in [-0.1, -0.05) is 29.8 Å². The third-order valence-electron chi connectivity index (χ3n) is 4.63. The van der Waals surface area contributed by atoms with Gasteiger partial charge in [0.15, 0.2) is 0 Å². The van der Waals surface area contributed by atoms with Gasteiger partial charge >= 0.3 is 12.1 Å². The van der Waals surface area contributed by atoms with Crippen LogP contribution >= 0.6 is 12.6 Å². The van der Waals surface area contributed by atoms with E-state index in [2.05, 4.69) is 28.0 Å². The van der Waals surface area contributed by atoms with Crippen molar-refractivity contribution in [1.82, 2.24) is 15.5 Å². The normalized spacial score (nSPS) is 13.3. The summed E-state index contributed by atoms with van der Waals surface area (Å²) in [6.07, 6.45) is -0.768. The standard InChI is InChI=1S/C24H37N3O6S/c1-15-10-9-11-16(12-15)19(20(29)25-13-18(28)32-8)27(23(2,3)4)21(30)17(14-34)26-22(31)33-24(5,6)7/h9-12,17,19,34H,13-14H2,1-8H3,(H,25,29)(H,26,31). The zero-order valence-electron chi connectivity index (χ0n) is 21.2. The fraction of sp³-hybridized carbons (Fsp3) is 0.583. The maximum atomic E-state index is 13.8. The van der Waals surface area contributed by atoms with E-state index in [9.17, 15) is 19.2 Å². The van der Waals surface area contributed by atoms with Crippen molar-refractivity contribution in [2.24, 2.45) is 0 Å². The predicted octanol–water partition coefficient (Wildman–Crippen LogP) is 2.78. The van der Waals surface area contributed by atoms with E-state index in [1.54, 1.807) is 59.7 Å². The molecule has 3 amide bonds. The average Bonchev–Trinajstić information content (AvgIpc) is 2.71. The van der Waals surface area contributed by atoms with Crippen molar-refractivity contribution in [3.63, 3.8) is 0 Å². The van der Waals surface area contributed by atoms with E-state index in [1.165, 1.54) is 12.0 Å². The Balaban J connectivity index is 3.44. The first-order valence-corrected chi connectivity index (χ1v) is 11.6. The van der Waals surface area contributed by atoms with E-state index in [1.807, 2.05) is 13.0 Å². The van der Waals surface area contributed by atoms with E-state index < -0.39 is 47.1 Å². The largest absolute Gasteiger partial charge is 0.468 e. The third kappa shape index (κ3) is 8.89. The van der Waals surface area contributed by atoms with Crippen LogP contribution in [0.25, 0.3) is 0 Å². The highest BCUT2D eigenvalue weighted by Gasteiger charge is 2.41. The van der Waals surface area contributed by atoms with E-state index >= 15 is 0 Å². The highest BCUT2D eigenvalue weighted by Crippen LogP contribution is 2.30. The fourth-order valence-electron chi connectivity index (χ4n) is 3.23. The van der Waals surface area contributed by atoms with E-state index in [-0.39, 0.29) is 12.3 Å². The Bertz CT molecular complexity index is 891. The van der Waals surface area contributed by atoms with Crippen molar-refractivity contribution in [2.75, 3.05) is 19.4 Å². The lowest BCUT2D eigenvalue weighted by atomic mass is 9.94. The van der Waals surface area contributed by atoms with Gasteiger partial charge in [0.05, 0.1) is 7.11 Å². The monoisotopic (exact) mass is 495 g/mol. The highest BCUT2D eigenvalue weighted by molar-refractivity contribution is 7.80. The number of aryl methyl sites for hydroxylation is 1. The molecule has 2 N–H and O–H groups in total. The zero-order chi connectivity index (χ0) is 26.3. The van der Waals surface area contributed by atoms with Crippen molar-refractivity contribution >= 4 is 36.5 Å². The summed E-state index contributed by atoms with van der Waals surface area (Å²) in [7, 11) is 1.22. The molecule has 0 radical (unpaired) electrons. The molecular formula is C24H37N3O6S. The molecule has 1 aromatic rings. The molecule has 9 nitrogen and oxygen atoms in total. The maximum absolute atomic E-state index is 13.8. The number of nitrogens with one attached hydrogen (secondary N) is 2. The van der Waals surface area contributed by atoms with Crippen LogP contribution in [0.15, 0.2) is 24.3 Å². The Morgan fingerprint density at radius 3 is 2.18 bits per heavy atom. The minimum atomic E-state index is -1.08. The molecule has 0 saturated carbocycles. The molecule has 1 aromatic carbocycles. The summed E-state index contributed by atoms with van der Waals surface area (Å²) in [5.41, 5.74) is -0.149. The molecular weight excluding hydrogens is 458 g/mol. The lowest BCUT2D eigenvalue weighted by Crippen LogP contribution is -2.59. The van der Waals surface area contributed by atoms with Crippen LogP contribution in [0.3, 0.4) is 0 Å². The van der Waals surface area contributed by atoms with Gasteiger partial charge in [-0.05, 0) is 54.0 Å². The summed E-state index contributed by atoms with van der Waals surface area (Å²) in [5, 5.41) is 5.11. The number of benzene rings is 1. The van der Waals surface area contributed by atoms with Gasteiger partial charge in [0.25, 0.3) is 0 Å². The molecule has 2 atom stereocenters. The number of hydrogen-bond donors (Lipinski definition) is 3. The second-order valence-corrected chi connectivity index (χ2v) is 10.2. The van der Waals surface area contributed by atoms with Crippen LogP contribution in [-0.2, 0) is 23.9 Å². The molecule has 0 saturated heterocycles. The number of ether oxygens (including phenoxy) is 2. The molecule has 0 aromatic heterocycles. The van der Waals surface area contributed by atoms with Crippen molar-refractivity contribution < 1.29 is 28.7 Å². The van der Waals surface area contributed by atoms with Crippen LogP contribution in [0, 0.1) is 6.92 Å². The summed E-state index contributed by atoms with van der Waals surface area (Å²) in [6, 6.07) is 5.05. The second kappa shape index (κ2) is 12.1. The molecule has 0 spiro atoms. The van der Waals surface area contributed by atoms with Gasteiger partial charge in [0.2, 0.25) is 11.8 Å². The highest BCUT2D eigenvalue weighted by atomic mass is 32.1. The molecule has 2 unspecified atom stereocenters. The molecule has 34 heavy (non-hydrogen) atoms. The smallest absolute Gasteiger partial charge is 0.408 e. The van der Waals surface area contributed by atoms with Crippen LogP contribution in [0.1, 0.15) is 58.7 Å². The van der Waals surface area contributed by atoms with Crippen LogP contribution in [0.5, 0.6) is 0 Å². The number of amides is 3. The SMILES string of the molecule is COC(=O)CNC(=O)C(c1cccc(C)c1)N(C(=O)C(CS)NC(=O)OC(C)(C)C)C(C)(C)C. The number of alkyl carbamates (subject to hydrolysis) is 1. The van der Waals surface area contributed by atoms with Gasteiger partial charge in [0, 0.05) is 11.3 Å². The Hall–Kier alpha value is -2.75. The first-order valence-electron chi connectivity index (χ1n) is 11.0. The number of hydrogen-bond acceptors (Lipinski definition) is 7. The fourth-order valence-corrected chi connectivity index (χ4v) is 3.48. The molecule has 1 rings (SSSR count). The molecule has 0 aliphatic rings. The van der Waals surface area contributed by atoms with Gasteiger partial charge in [-0.3, -0.25) is 14.4 Å². The lowest BCUT2D eigenvalue weighted by molar-refractivity contribution is -0.149. The summed E-state index contributed by atoms with van der Waals surface area (Å²) < 4.78 is 9.90. The molecule has 10 heteroatoms. The van der Waals surface area contributed by atoms with Gasteiger partial charge in [0.1, 0.15) is 24.2 Å². The molecule has 0 aliphatic carbocycles. The maximum Gasteiger partial charge on any atom is 0.408 e. The summed E-state index contributed by atoms with van der Waals surface area (Å²) >= 11 is 4.26. The number of carbonyl (C=O) groups is 4. The first-order chi connectivity index (χ1) is 15.6. The van der Waals surface area contributed by atoms with Gasteiger partial charge < -0.3 is 25.0 Å². The number of carbonyl (C=O) groups excluding carboxylic acids is 4. The quantitative estimate of drug-likeness (QED) is 0.378. The third-order valence-corrected chi connectivity index (χ3v) is 5.00. The van der Waals surface area contributed by atoms with Crippen LogP contribution in [0.4, 0.5) is 4.79 Å². The Labute approximate surface area is 207 Å². The molecule has 0 aliphatic heterocycles. The van der Waals surface area contributed by atoms with Crippen molar-refractivity contribution in [3.8, 4) is 0 Å². The average molecular weight is 496 g/mol. The van der Waals surface area contributed by atoms with E-state index in [0.29, 0.717) is 5.56 Å². The van der Waals surface area contributed by atoms with Crippen molar-refractivity contribution in [1.29, 1.82) is 0 Å². The Kier molecular flexibility index (Phi) is 10.4. The second-order valence-electron chi connectivity index (χ2n) is 9.87. The molecule has 190 valence electrons. The number of esters is 1. The predicted molar refractivity (Wildman–Crippen MR) is 133 cm³/mol. The topological polar surface area (TPSA) is 114 Å². The van der Waals surface area contributed by atoms with Crippen LogP contribution in [-0.4, -0.2) is 65.4 Å².